The van der Waals surface area contributed by atoms with E-state index in [4.69, 9.17) is 11.6 Å². The lowest BCUT2D eigenvalue weighted by molar-refractivity contribution is 0.101. The molecule has 0 radical (unpaired) electrons. The summed E-state index contributed by atoms with van der Waals surface area (Å²) in [4.78, 5) is 16.0. The van der Waals surface area contributed by atoms with Crippen molar-refractivity contribution in [1.29, 1.82) is 0 Å². The van der Waals surface area contributed by atoms with Crippen molar-refractivity contribution in [3.63, 3.8) is 0 Å². The highest BCUT2D eigenvalue weighted by molar-refractivity contribution is 7.98. The lowest BCUT2D eigenvalue weighted by atomic mass is 10.1. The van der Waals surface area contributed by atoms with Crippen LogP contribution in [0.15, 0.2) is 29.4 Å². The first-order chi connectivity index (χ1) is 8.69. The van der Waals surface area contributed by atoms with Gasteiger partial charge in [0.2, 0.25) is 10.3 Å². The highest BCUT2D eigenvalue weighted by Gasteiger charge is 2.07. The van der Waals surface area contributed by atoms with Crippen molar-refractivity contribution in [2.75, 3.05) is 18.1 Å². The summed E-state index contributed by atoms with van der Waals surface area (Å²) in [5, 5.41) is 4.94. The van der Waals surface area contributed by atoms with Crippen LogP contribution in [0.5, 0.6) is 0 Å². The van der Waals surface area contributed by atoms with Crippen molar-refractivity contribution >= 4 is 45.8 Å². The van der Waals surface area contributed by atoms with Gasteiger partial charge < -0.3 is 5.32 Å². The maximum absolute atomic E-state index is 11.9. The first-order valence-corrected chi connectivity index (χ1v) is 7.47. The molecular weight excluding hydrogens is 290 g/mol. The van der Waals surface area contributed by atoms with Gasteiger partial charge in [-0.2, -0.15) is 9.36 Å². The molecule has 0 fully saturated rings. The molecule has 0 bridgehead atoms. The molecule has 0 aliphatic rings. The molecule has 0 aliphatic heterocycles. The molecule has 0 saturated heterocycles. The monoisotopic (exact) mass is 299 g/mol. The Morgan fingerprint density at radius 1 is 1.44 bits per heavy atom. The van der Waals surface area contributed by atoms with Crippen LogP contribution >= 0.6 is 34.9 Å². The van der Waals surface area contributed by atoms with Crippen LogP contribution in [0.2, 0.25) is 5.02 Å². The number of nitrogens with one attached hydrogen (secondary N) is 1. The number of carbonyl (C=O) groups is 1. The summed E-state index contributed by atoms with van der Waals surface area (Å²) in [6.07, 6.45) is 1.91. The number of ketones is 1. The number of anilines is 1. The second-order valence-electron chi connectivity index (χ2n) is 3.37. The fraction of sp³-hybridized carbons (Fsp3) is 0.182. The molecule has 1 aromatic heterocycles. The van der Waals surface area contributed by atoms with Crippen molar-refractivity contribution in [3.8, 4) is 0 Å². The normalized spacial score (nSPS) is 10.3. The predicted molar refractivity (Wildman–Crippen MR) is 76.0 cm³/mol. The van der Waals surface area contributed by atoms with E-state index in [-0.39, 0.29) is 12.3 Å². The zero-order valence-electron chi connectivity index (χ0n) is 9.51. The standard InChI is InChI=1S/C11H10ClN3OS2/c1-17-11-14-10(18-15-11)13-6-9(16)7-2-4-8(12)5-3-7/h2-5H,6H2,1H3,(H,13,14,15). The number of aromatic nitrogens is 2. The highest BCUT2D eigenvalue weighted by Crippen LogP contribution is 2.17. The van der Waals surface area contributed by atoms with Crippen LogP contribution in [0.4, 0.5) is 5.13 Å². The number of Topliss-reactive ketones (excluding diaryl/α,β-unsaturated/α-hetero) is 1. The first-order valence-electron chi connectivity index (χ1n) is 5.09. The Bertz CT molecular complexity index is 541. The van der Waals surface area contributed by atoms with Crippen LogP contribution in [0, 0.1) is 0 Å². The van der Waals surface area contributed by atoms with Gasteiger partial charge in [0.1, 0.15) is 0 Å². The number of nitrogens with zero attached hydrogens (tertiary/aromatic N) is 2. The fourth-order valence-electron chi connectivity index (χ4n) is 1.26. The Hall–Kier alpha value is -1.11. The van der Waals surface area contributed by atoms with Crippen LogP contribution < -0.4 is 5.32 Å². The molecule has 18 heavy (non-hydrogen) atoms. The van der Waals surface area contributed by atoms with E-state index < -0.39 is 0 Å². The van der Waals surface area contributed by atoms with Gasteiger partial charge in [-0.15, -0.1) is 0 Å². The number of thioether (sulfide) groups is 1. The quantitative estimate of drug-likeness (QED) is 0.678. The maximum Gasteiger partial charge on any atom is 0.203 e. The summed E-state index contributed by atoms with van der Waals surface area (Å²) in [6, 6.07) is 6.82. The number of carbonyl (C=O) groups excluding carboxylic acids is 1. The first kappa shape index (κ1) is 13.3. The molecule has 0 spiro atoms. The SMILES string of the molecule is CSc1nsc(NCC(=O)c2ccc(Cl)cc2)n1. The van der Waals surface area contributed by atoms with Crippen molar-refractivity contribution in [3.05, 3.63) is 34.9 Å². The lowest BCUT2D eigenvalue weighted by Gasteiger charge is -2.01. The van der Waals surface area contributed by atoms with Crippen LogP contribution in [0.3, 0.4) is 0 Å². The van der Waals surface area contributed by atoms with E-state index in [0.29, 0.717) is 20.9 Å². The highest BCUT2D eigenvalue weighted by atomic mass is 35.5. The Balaban J connectivity index is 1.93. The smallest absolute Gasteiger partial charge is 0.203 e. The number of hydrogen-bond acceptors (Lipinski definition) is 6. The van der Waals surface area contributed by atoms with Gasteiger partial charge in [-0.25, -0.2) is 0 Å². The average molecular weight is 300 g/mol. The summed E-state index contributed by atoms with van der Waals surface area (Å²) in [6.45, 7) is 0.199. The van der Waals surface area contributed by atoms with Gasteiger partial charge in [-0.05, 0) is 30.5 Å². The van der Waals surface area contributed by atoms with Crippen molar-refractivity contribution in [2.45, 2.75) is 5.16 Å². The largest absolute Gasteiger partial charge is 0.353 e. The molecule has 1 N–H and O–H groups in total. The van der Waals surface area contributed by atoms with Crippen LogP contribution in [0.1, 0.15) is 10.4 Å². The van der Waals surface area contributed by atoms with E-state index in [1.807, 2.05) is 6.26 Å². The molecule has 4 nitrogen and oxygen atoms in total. The molecule has 7 heteroatoms. The van der Waals surface area contributed by atoms with Crippen LogP contribution in [-0.2, 0) is 0 Å². The Morgan fingerprint density at radius 2 is 2.17 bits per heavy atom. The molecule has 1 aromatic carbocycles. The second-order valence-corrected chi connectivity index (χ2v) is 5.33. The van der Waals surface area contributed by atoms with Gasteiger partial charge in [0.05, 0.1) is 6.54 Å². The van der Waals surface area contributed by atoms with Gasteiger partial charge in [-0.3, -0.25) is 4.79 Å². The Kier molecular flexibility index (Phi) is 4.57. The average Bonchev–Trinajstić information content (AvgIpc) is 2.85. The summed E-state index contributed by atoms with van der Waals surface area (Å²) >= 11 is 8.48. The van der Waals surface area contributed by atoms with Crippen molar-refractivity contribution in [2.24, 2.45) is 0 Å². The summed E-state index contributed by atoms with van der Waals surface area (Å²) in [7, 11) is 0. The van der Waals surface area contributed by atoms with E-state index in [2.05, 4.69) is 14.7 Å². The number of halogens is 1. The van der Waals surface area contributed by atoms with E-state index in [9.17, 15) is 4.79 Å². The third-order valence-corrected chi connectivity index (χ3v) is 3.74. The Labute approximate surface area is 118 Å². The zero-order valence-corrected chi connectivity index (χ0v) is 11.9. The zero-order chi connectivity index (χ0) is 13.0. The third-order valence-electron chi connectivity index (χ3n) is 2.16. The third kappa shape index (κ3) is 3.44. The molecule has 2 rings (SSSR count). The summed E-state index contributed by atoms with van der Waals surface area (Å²) in [5.74, 6) is -0.00688. The minimum absolute atomic E-state index is 0.00688. The van der Waals surface area contributed by atoms with E-state index >= 15 is 0 Å². The van der Waals surface area contributed by atoms with E-state index in [0.717, 1.165) is 0 Å². The van der Waals surface area contributed by atoms with Gasteiger partial charge in [0, 0.05) is 22.1 Å². The molecular formula is C11H10ClN3OS2. The van der Waals surface area contributed by atoms with E-state index in [1.165, 1.54) is 23.3 Å². The van der Waals surface area contributed by atoms with Gasteiger partial charge in [0.25, 0.3) is 0 Å². The van der Waals surface area contributed by atoms with E-state index in [1.54, 1.807) is 24.3 Å². The molecule has 0 atom stereocenters. The molecule has 0 aliphatic carbocycles. The topological polar surface area (TPSA) is 54.9 Å². The van der Waals surface area contributed by atoms with Gasteiger partial charge in [0.15, 0.2) is 5.78 Å². The molecule has 94 valence electrons. The van der Waals surface area contributed by atoms with Crippen molar-refractivity contribution < 1.29 is 4.79 Å². The molecule has 0 amide bonds. The fourth-order valence-corrected chi connectivity index (χ4v) is 2.50. The maximum atomic E-state index is 11.9. The number of benzene rings is 1. The minimum Gasteiger partial charge on any atom is -0.353 e. The summed E-state index contributed by atoms with van der Waals surface area (Å²) < 4.78 is 4.10. The summed E-state index contributed by atoms with van der Waals surface area (Å²) in [5.41, 5.74) is 0.626. The van der Waals surface area contributed by atoms with Crippen LogP contribution in [-0.4, -0.2) is 27.9 Å². The molecule has 0 saturated carbocycles. The van der Waals surface area contributed by atoms with Gasteiger partial charge >= 0.3 is 0 Å². The Morgan fingerprint density at radius 3 is 2.78 bits per heavy atom. The second kappa shape index (κ2) is 6.17. The van der Waals surface area contributed by atoms with Crippen LogP contribution in [0.25, 0.3) is 0 Å². The lowest BCUT2D eigenvalue weighted by Crippen LogP contribution is -2.13. The minimum atomic E-state index is -0.00688. The number of rotatable bonds is 5. The van der Waals surface area contributed by atoms with Crippen molar-refractivity contribution in [1.82, 2.24) is 9.36 Å². The molecule has 0 unspecified atom stereocenters. The predicted octanol–water partition coefficient (Wildman–Crippen LogP) is 3.21. The number of hydrogen-bond donors (Lipinski definition) is 1. The molecule has 2 aromatic rings. The molecule has 1 heterocycles. The van der Waals surface area contributed by atoms with Gasteiger partial charge in [-0.1, -0.05) is 23.4 Å².